The average molecular weight is 413 g/mol. The highest BCUT2D eigenvalue weighted by Gasteiger charge is 2.22. The van der Waals surface area contributed by atoms with Crippen molar-refractivity contribution in [3.05, 3.63) is 54.0 Å². The number of carbonyl (C=O) groups excluding carboxylic acids is 2. The lowest BCUT2D eigenvalue weighted by Gasteiger charge is -2.32. The zero-order valence-corrected chi connectivity index (χ0v) is 17.8. The highest BCUT2D eigenvalue weighted by molar-refractivity contribution is 5.91. The van der Waals surface area contributed by atoms with Gasteiger partial charge in [0.25, 0.3) is 5.91 Å². The second kappa shape index (κ2) is 11.4. The lowest BCUT2D eigenvalue weighted by molar-refractivity contribution is -0.132. The first-order valence-corrected chi connectivity index (χ1v) is 11.0. The maximum absolute atomic E-state index is 12.4. The first-order valence-electron chi connectivity index (χ1n) is 11.0. The van der Waals surface area contributed by atoms with Crippen LogP contribution in [-0.2, 0) is 11.2 Å². The van der Waals surface area contributed by atoms with Crippen LogP contribution in [0.1, 0.15) is 55.1 Å². The molecule has 1 saturated heterocycles. The van der Waals surface area contributed by atoms with Gasteiger partial charge in [0.05, 0.1) is 12.9 Å². The van der Waals surface area contributed by atoms with Crippen molar-refractivity contribution in [3.8, 4) is 5.75 Å². The summed E-state index contributed by atoms with van der Waals surface area (Å²) in [4.78, 5) is 26.2. The molecule has 1 fully saturated rings. The molecule has 3 rings (SSSR count). The van der Waals surface area contributed by atoms with Crippen molar-refractivity contribution in [2.45, 2.75) is 45.4 Å². The van der Waals surface area contributed by atoms with Gasteiger partial charge in [-0.1, -0.05) is 12.1 Å². The van der Waals surface area contributed by atoms with E-state index in [1.165, 1.54) is 11.8 Å². The zero-order chi connectivity index (χ0) is 21.2. The maximum atomic E-state index is 12.4. The van der Waals surface area contributed by atoms with Crippen LogP contribution in [0.3, 0.4) is 0 Å². The SMILES string of the molecule is CCOc1ccc(CCC2CCN(C(=O)CCCNC(=O)c3ccco3)CC2)cc1. The molecule has 0 radical (unpaired) electrons. The Morgan fingerprint density at radius 3 is 2.60 bits per heavy atom. The minimum absolute atomic E-state index is 0.187. The Morgan fingerprint density at radius 1 is 1.17 bits per heavy atom. The fraction of sp³-hybridized carbons (Fsp3) is 0.500. The van der Waals surface area contributed by atoms with Gasteiger partial charge in [-0.25, -0.2) is 0 Å². The number of likely N-dealkylation sites (tertiary alicyclic amines) is 1. The molecule has 0 saturated carbocycles. The summed E-state index contributed by atoms with van der Waals surface area (Å²) in [6, 6.07) is 11.7. The number of hydrogen-bond acceptors (Lipinski definition) is 4. The van der Waals surface area contributed by atoms with E-state index in [9.17, 15) is 9.59 Å². The molecule has 0 unspecified atom stereocenters. The molecule has 0 spiro atoms. The van der Waals surface area contributed by atoms with Crippen LogP contribution in [0.15, 0.2) is 47.1 Å². The van der Waals surface area contributed by atoms with Gasteiger partial charge in [-0.05, 0) is 74.8 Å². The molecule has 30 heavy (non-hydrogen) atoms. The van der Waals surface area contributed by atoms with Gasteiger partial charge in [0.1, 0.15) is 5.75 Å². The van der Waals surface area contributed by atoms with Crippen LogP contribution in [0.2, 0.25) is 0 Å². The molecular formula is C24H32N2O4. The molecule has 2 aromatic rings. The molecule has 1 aliphatic rings. The number of piperidine rings is 1. The summed E-state index contributed by atoms with van der Waals surface area (Å²) in [5, 5.41) is 2.78. The Kier molecular flexibility index (Phi) is 8.36. The third-order valence-electron chi connectivity index (χ3n) is 5.64. The van der Waals surface area contributed by atoms with Gasteiger partial charge < -0.3 is 19.4 Å². The van der Waals surface area contributed by atoms with Crippen LogP contribution >= 0.6 is 0 Å². The third-order valence-corrected chi connectivity index (χ3v) is 5.64. The quantitative estimate of drug-likeness (QED) is 0.598. The molecule has 2 heterocycles. The Balaban J connectivity index is 1.29. The number of carbonyl (C=O) groups is 2. The van der Waals surface area contributed by atoms with Crippen molar-refractivity contribution in [3.63, 3.8) is 0 Å². The molecule has 2 amide bonds. The Bertz CT molecular complexity index is 778. The summed E-state index contributed by atoms with van der Waals surface area (Å²) >= 11 is 0. The normalized spacial score (nSPS) is 14.5. The molecule has 1 N–H and O–H groups in total. The zero-order valence-electron chi connectivity index (χ0n) is 17.8. The predicted octanol–water partition coefficient (Wildman–Crippen LogP) is 4.06. The summed E-state index contributed by atoms with van der Waals surface area (Å²) in [5.41, 5.74) is 1.34. The van der Waals surface area contributed by atoms with Crippen molar-refractivity contribution < 1.29 is 18.7 Å². The van der Waals surface area contributed by atoms with E-state index in [-0.39, 0.29) is 11.8 Å². The van der Waals surface area contributed by atoms with Crippen molar-refractivity contribution in [1.29, 1.82) is 0 Å². The van der Waals surface area contributed by atoms with E-state index in [0.29, 0.717) is 37.7 Å². The first kappa shape index (κ1) is 21.9. The summed E-state index contributed by atoms with van der Waals surface area (Å²) in [6.07, 6.45) is 6.95. The molecule has 6 nitrogen and oxygen atoms in total. The van der Waals surface area contributed by atoms with E-state index in [1.54, 1.807) is 12.1 Å². The van der Waals surface area contributed by atoms with E-state index in [0.717, 1.165) is 44.5 Å². The second-order valence-corrected chi connectivity index (χ2v) is 7.78. The molecule has 0 aliphatic carbocycles. The standard InChI is InChI=1S/C24H32N2O4/c1-2-29-21-11-9-19(10-12-21)7-8-20-13-16-26(17-14-20)23(27)6-3-15-25-24(28)22-5-4-18-30-22/h4-5,9-12,18,20H,2-3,6-8,13-17H2,1H3,(H,25,28). The molecule has 1 aromatic heterocycles. The lowest BCUT2D eigenvalue weighted by atomic mass is 9.90. The number of amides is 2. The number of furan rings is 1. The number of aryl methyl sites for hydroxylation is 1. The van der Waals surface area contributed by atoms with Gasteiger partial charge in [-0.2, -0.15) is 0 Å². The summed E-state index contributed by atoms with van der Waals surface area (Å²) < 4.78 is 10.5. The smallest absolute Gasteiger partial charge is 0.286 e. The topological polar surface area (TPSA) is 71.8 Å². The van der Waals surface area contributed by atoms with Crippen LogP contribution in [0.5, 0.6) is 5.75 Å². The molecule has 162 valence electrons. The number of ether oxygens (including phenoxy) is 1. The van der Waals surface area contributed by atoms with Crippen molar-refractivity contribution in [1.82, 2.24) is 10.2 Å². The molecule has 6 heteroatoms. The molecular weight excluding hydrogens is 380 g/mol. The minimum atomic E-state index is -0.235. The van der Waals surface area contributed by atoms with E-state index < -0.39 is 0 Å². The molecule has 0 atom stereocenters. The fourth-order valence-corrected chi connectivity index (χ4v) is 3.86. The van der Waals surface area contributed by atoms with Crippen molar-refractivity contribution >= 4 is 11.8 Å². The Hall–Kier alpha value is -2.76. The largest absolute Gasteiger partial charge is 0.494 e. The fourth-order valence-electron chi connectivity index (χ4n) is 3.86. The molecule has 0 bridgehead atoms. The van der Waals surface area contributed by atoms with E-state index in [2.05, 4.69) is 17.4 Å². The monoisotopic (exact) mass is 412 g/mol. The van der Waals surface area contributed by atoms with E-state index in [1.807, 2.05) is 24.0 Å². The van der Waals surface area contributed by atoms with Gasteiger partial charge in [-0.3, -0.25) is 9.59 Å². The number of benzene rings is 1. The maximum Gasteiger partial charge on any atom is 0.286 e. The van der Waals surface area contributed by atoms with Crippen LogP contribution in [-0.4, -0.2) is 43.0 Å². The van der Waals surface area contributed by atoms with Gasteiger partial charge in [0, 0.05) is 26.1 Å². The van der Waals surface area contributed by atoms with E-state index in [4.69, 9.17) is 9.15 Å². The average Bonchev–Trinajstić information content (AvgIpc) is 3.32. The Labute approximate surface area is 178 Å². The van der Waals surface area contributed by atoms with Gasteiger partial charge in [0.15, 0.2) is 5.76 Å². The minimum Gasteiger partial charge on any atom is -0.494 e. The Morgan fingerprint density at radius 2 is 1.93 bits per heavy atom. The van der Waals surface area contributed by atoms with Gasteiger partial charge in [0.2, 0.25) is 5.91 Å². The van der Waals surface area contributed by atoms with E-state index >= 15 is 0 Å². The summed E-state index contributed by atoms with van der Waals surface area (Å²) in [6.45, 7) is 4.84. The van der Waals surface area contributed by atoms with Gasteiger partial charge >= 0.3 is 0 Å². The number of nitrogens with one attached hydrogen (secondary N) is 1. The predicted molar refractivity (Wildman–Crippen MR) is 116 cm³/mol. The van der Waals surface area contributed by atoms with Crippen LogP contribution in [0.4, 0.5) is 0 Å². The summed E-state index contributed by atoms with van der Waals surface area (Å²) in [5.74, 6) is 1.85. The molecule has 1 aromatic carbocycles. The van der Waals surface area contributed by atoms with Crippen LogP contribution < -0.4 is 10.1 Å². The number of rotatable bonds is 10. The molecule has 1 aliphatic heterocycles. The third kappa shape index (κ3) is 6.65. The highest BCUT2D eigenvalue weighted by atomic mass is 16.5. The second-order valence-electron chi connectivity index (χ2n) is 7.78. The van der Waals surface area contributed by atoms with Crippen molar-refractivity contribution in [2.75, 3.05) is 26.2 Å². The first-order chi connectivity index (χ1) is 14.7. The van der Waals surface area contributed by atoms with Crippen LogP contribution in [0.25, 0.3) is 0 Å². The van der Waals surface area contributed by atoms with Crippen molar-refractivity contribution in [2.24, 2.45) is 5.92 Å². The van der Waals surface area contributed by atoms with Crippen LogP contribution in [0, 0.1) is 5.92 Å². The number of hydrogen-bond donors (Lipinski definition) is 1. The van der Waals surface area contributed by atoms with Gasteiger partial charge in [-0.15, -0.1) is 0 Å². The number of nitrogens with zero attached hydrogens (tertiary/aromatic N) is 1. The summed E-state index contributed by atoms with van der Waals surface area (Å²) in [7, 11) is 0. The highest BCUT2D eigenvalue weighted by Crippen LogP contribution is 2.23. The lowest BCUT2D eigenvalue weighted by Crippen LogP contribution is -2.38.